The maximum absolute atomic E-state index is 12.5. The molecule has 0 unspecified atom stereocenters. The van der Waals surface area contributed by atoms with Crippen LogP contribution in [0.15, 0.2) is 72.0 Å². The molecule has 0 bridgehead atoms. The molecule has 0 spiro atoms. The van der Waals surface area contributed by atoms with Gasteiger partial charge in [-0.15, -0.1) is 0 Å². The van der Waals surface area contributed by atoms with Crippen molar-refractivity contribution in [2.24, 2.45) is 5.10 Å². The van der Waals surface area contributed by atoms with Gasteiger partial charge in [0, 0.05) is 17.8 Å². The van der Waals surface area contributed by atoms with Crippen LogP contribution >= 0.6 is 0 Å². The molecule has 0 aliphatic carbocycles. The Kier molecular flexibility index (Phi) is 4.90. The maximum Gasteiger partial charge on any atom is 0.260 e. The van der Waals surface area contributed by atoms with E-state index in [2.05, 4.69) is 20.5 Å². The van der Waals surface area contributed by atoms with E-state index in [1.54, 1.807) is 10.8 Å². The summed E-state index contributed by atoms with van der Waals surface area (Å²) in [4.78, 5) is 21.4. The number of carbonyl (C=O) groups is 1. The number of aromatic nitrogens is 3. The molecule has 0 fully saturated rings. The molecule has 0 saturated carbocycles. The third-order valence-electron chi connectivity index (χ3n) is 4.26. The summed E-state index contributed by atoms with van der Waals surface area (Å²) in [5.74, 6) is 0.0284. The van der Waals surface area contributed by atoms with Crippen LogP contribution in [-0.4, -0.2) is 36.9 Å². The van der Waals surface area contributed by atoms with Crippen LogP contribution in [0.25, 0.3) is 22.6 Å². The third kappa shape index (κ3) is 3.91. The molecule has 4 rings (SSSR count). The van der Waals surface area contributed by atoms with Crippen molar-refractivity contribution in [2.45, 2.75) is 6.54 Å². The van der Waals surface area contributed by atoms with Gasteiger partial charge in [-0.05, 0) is 36.4 Å². The number of pyridine rings is 1. The number of hydrogen-bond donors (Lipinski definition) is 3. The zero-order valence-electron chi connectivity index (χ0n) is 15.2. The minimum atomic E-state index is -0.361. The second-order valence-electron chi connectivity index (χ2n) is 6.26. The van der Waals surface area contributed by atoms with Crippen LogP contribution in [0.4, 0.5) is 0 Å². The number of amides is 1. The van der Waals surface area contributed by atoms with E-state index in [1.807, 2.05) is 42.5 Å². The molecule has 0 saturated heterocycles. The van der Waals surface area contributed by atoms with Crippen molar-refractivity contribution in [2.75, 3.05) is 0 Å². The van der Waals surface area contributed by atoms with E-state index in [-0.39, 0.29) is 24.0 Å². The lowest BCUT2D eigenvalue weighted by atomic mass is 10.2. The van der Waals surface area contributed by atoms with Gasteiger partial charge in [0.2, 0.25) is 0 Å². The first kappa shape index (κ1) is 18.2. The number of carbonyl (C=O) groups excluding carboxylic acids is 1. The number of hydrazone groups is 1. The van der Waals surface area contributed by atoms with Crippen LogP contribution in [0, 0.1) is 0 Å². The minimum Gasteiger partial charge on any atom is -0.508 e. The van der Waals surface area contributed by atoms with E-state index in [1.165, 1.54) is 24.4 Å². The van der Waals surface area contributed by atoms with Gasteiger partial charge in [-0.1, -0.05) is 18.2 Å². The predicted molar refractivity (Wildman–Crippen MR) is 108 cm³/mol. The quantitative estimate of drug-likeness (QED) is 0.360. The largest absolute Gasteiger partial charge is 0.508 e. The van der Waals surface area contributed by atoms with Crippen molar-refractivity contribution in [1.82, 2.24) is 20.0 Å². The summed E-state index contributed by atoms with van der Waals surface area (Å²) in [6, 6.07) is 17.1. The summed E-state index contributed by atoms with van der Waals surface area (Å²) in [7, 11) is 0. The number of nitrogens with one attached hydrogen (secondary N) is 1. The number of rotatable bonds is 5. The second kappa shape index (κ2) is 7.81. The normalized spacial score (nSPS) is 11.2. The lowest BCUT2D eigenvalue weighted by Gasteiger charge is -2.08. The van der Waals surface area contributed by atoms with Crippen LogP contribution < -0.4 is 5.43 Å². The fourth-order valence-electron chi connectivity index (χ4n) is 2.92. The standard InChI is InChI=1S/C21H17N5O3/c27-15-9-8-14(19(28)11-15)12-23-25-20(29)13-26-18-7-2-1-5-16(18)24-21(26)17-6-3-4-10-22-17/h1-12,27-28H,13H2,(H,25,29)/b23-12+. The van der Waals surface area contributed by atoms with Gasteiger partial charge in [0.1, 0.15) is 23.7 Å². The van der Waals surface area contributed by atoms with E-state index < -0.39 is 0 Å². The molecule has 3 N–H and O–H groups in total. The molecule has 144 valence electrons. The molecule has 0 atom stereocenters. The zero-order valence-corrected chi connectivity index (χ0v) is 15.2. The highest BCUT2D eigenvalue weighted by Crippen LogP contribution is 2.23. The Morgan fingerprint density at radius 1 is 1.10 bits per heavy atom. The summed E-state index contributed by atoms with van der Waals surface area (Å²) >= 11 is 0. The first-order valence-corrected chi connectivity index (χ1v) is 8.82. The summed E-state index contributed by atoms with van der Waals surface area (Å²) in [5, 5.41) is 23.0. The summed E-state index contributed by atoms with van der Waals surface area (Å²) in [6.45, 7) is -0.00861. The van der Waals surface area contributed by atoms with E-state index in [4.69, 9.17) is 0 Å². The topological polar surface area (TPSA) is 113 Å². The molecule has 2 aromatic carbocycles. The second-order valence-corrected chi connectivity index (χ2v) is 6.26. The average molecular weight is 387 g/mol. The Morgan fingerprint density at radius 2 is 1.93 bits per heavy atom. The fourth-order valence-corrected chi connectivity index (χ4v) is 2.92. The number of aromatic hydroxyl groups is 2. The fraction of sp³-hybridized carbons (Fsp3) is 0.0476. The molecule has 29 heavy (non-hydrogen) atoms. The van der Waals surface area contributed by atoms with Crippen molar-refractivity contribution >= 4 is 23.2 Å². The van der Waals surface area contributed by atoms with Crippen LogP contribution in [0.5, 0.6) is 11.5 Å². The number of hydrogen-bond acceptors (Lipinski definition) is 6. The number of fused-ring (bicyclic) bond motifs is 1. The number of imidazole rings is 1. The van der Waals surface area contributed by atoms with Gasteiger partial charge in [-0.2, -0.15) is 5.10 Å². The Hall–Kier alpha value is -4.20. The van der Waals surface area contributed by atoms with Crippen molar-refractivity contribution in [1.29, 1.82) is 0 Å². The lowest BCUT2D eigenvalue weighted by molar-refractivity contribution is -0.121. The molecule has 0 aliphatic rings. The molecule has 0 aliphatic heterocycles. The van der Waals surface area contributed by atoms with Crippen LogP contribution in [0.2, 0.25) is 0 Å². The van der Waals surface area contributed by atoms with E-state index in [9.17, 15) is 15.0 Å². The third-order valence-corrected chi connectivity index (χ3v) is 4.26. The molecule has 2 heterocycles. The van der Waals surface area contributed by atoms with Gasteiger partial charge >= 0.3 is 0 Å². The van der Waals surface area contributed by atoms with Crippen LogP contribution in [-0.2, 0) is 11.3 Å². The first-order valence-electron chi connectivity index (χ1n) is 8.82. The van der Waals surface area contributed by atoms with E-state index in [0.29, 0.717) is 17.1 Å². The van der Waals surface area contributed by atoms with Gasteiger partial charge in [-0.3, -0.25) is 9.78 Å². The summed E-state index contributed by atoms with van der Waals surface area (Å²) < 4.78 is 1.78. The molecular weight excluding hydrogens is 370 g/mol. The van der Waals surface area contributed by atoms with Crippen molar-refractivity contribution < 1.29 is 15.0 Å². The molecule has 0 radical (unpaired) electrons. The zero-order chi connectivity index (χ0) is 20.2. The highest BCUT2D eigenvalue weighted by Gasteiger charge is 2.15. The number of phenolic OH excluding ortho intramolecular Hbond substituents is 2. The first-order chi connectivity index (χ1) is 14.1. The highest BCUT2D eigenvalue weighted by molar-refractivity contribution is 5.86. The van der Waals surface area contributed by atoms with Gasteiger partial charge in [0.25, 0.3) is 5.91 Å². The van der Waals surface area contributed by atoms with Crippen LogP contribution in [0.3, 0.4) is 0 Å². The Morgan fingerprint density at radius 3 is 2.72 bits per heavy atom. The minimum absolute atomic E-state index is 0.00861. The van der Waals surface area contributed by atoms with Crippen molar-refractivity contribution in [3.05, 3.63) is 72.4 Å². The maximum atomic E-state index is 12.5. The molecule has 8 heteroatoms. The Balaban J connectivity index is 1.57. The molecule has 1 amide bonds. The number of para-hydroxylation sites is 2. The average Bonchev–Trinajstić information content (AvgIpc) is 3.09. The van der Waals surface area contributed by atoms with Gasteiger partial charge in [0.15, 0.2) is 5.82 Å². The number of benzene rings is 2. The SMILES string of the molecule is O=C(Cn1c(-c2ccccn2)nc2ccccc21)N/N=C/c1ccc(O)cc1O. The van der Waals surface area contributed by atoms with Crippen molar-refractivity contribution in [3.63, 3.8) is 0 Å². The lowest BCUT2D eigenvalue weighted by Crippen LogP contribution is -2.23. The number of phenols is 2. The molecule has 4 aromatic rings. The molecular formula is C21H17N5O3. The Bertz CT molecular complexity index is 1200. The van der Waals surface area contributed by atoms with Crippen molar-refractivity contribution in [3.8, 4) is 23.0 Å². The van der Waals surface area contributed by atoms with E-state index >= 15 is 0 Å². The Labute approximate surface area is 165 Å². The van der Waals surface area contributed by atoms with Gasteiger partial charge < -0.3 is 14.8 Å². The number of nitrogens with zero attached hydrogens (tertiary/aromatic N) is 4. The van der Waals surface area contributed by atoms with Gasteiger partial charge in [-0.25, -0.2) is 10.4 Å². The molecule has 2 aromatic heterocycles. The summed E-state index contributed by atoms with van der Waals surface area (Å²) in [5.41, 5.74) is 5.04. The molecule has 8 nitrogen and oxygen atoms in total. The van der Waals surface area contributed by atoms with Crippen LogP contribution in [0.1, 0.15) is 5.56 Å². The highest BCUT2D eigenvalue weighted by atomic mass is 16.3. The summed E-state index contributed by atoms with van der Waals surface area (Å²) in [6.07, 6.45) is 2.98. The van der Waals surface area contributed by atoms with E-state index in [0.717, 1.165) is 11.0 Å². The predicted octanol–water partition coefficient (Wildman–Crippen LogP) is 2.66. The smallest absolute Gasteiger partial charge is 0.260 e. The monoisotopic (exact) mass is 387 g/mol. The van der Waals surface area contributed by atoms with Gasteiger partial charge in [0.05, 0.1) is 17.2 Å².